The van der Waals surface area contributed by atoms with Crippen molar-refractivity contribution in [3.63, 3.8) is 0 Å². The number of hydrogen-bond donors (Lipinski definition) is 1. The van der Waals surface area contributed by atoms with Crippen LogP contribution in [0.1, 0.15) is 33.6 Å². The second kappa shape index (κ2) is 5.69. The maximum absolute atomic E-state index is 5.69. The Hall–Kier alpha value is -0.0800. The number of rotatable bonds is 5. The van der Waals surface area contributed by atoms with E-state index < -0.39 is 0 Å². The van der Waals surface area contributed by atoms with E-state index >= 15 is 0 Å². The first-order chi connectivity index (χ1) is 4.66. The zero-order valence-electron chi connectivity index (χ0n) is 7.43. The highest BCUT2D eigenvalue weighted by Crippen LogP contribution is 1.95. The first-order valence-electron chi connectivity index (χ1n) is 4.16. The molecule has 2 heteroatoms. The number of hydrazine groups is 1. The maximum Gasteiger partial charge on any atom is 0.0151 e. The molecule has 0 fully saturated rings. The topological polar surface area (TPSA) is 29.3 Å². The quantitative estimate of drug-likeness (QED) is 0.469. The van der Waals surface area contributed by atoms with Crippen molar-refractivity contribution < 1.29 is 0 Å². The summed E-state index contributed by atoms with van der Waals surface area (Å²) in [6, 6.07) is 0. The molecule has 62 valence electrons. The molecule has 0 radical (unpaired) electrons. The third-order valence-electron chi connectivity index (χ3n) is 1.40. The lowest BCUT2D eigenvalue weighted by Gasteiger charge is -2.17. The molecule has 0 aromatic heterocycles. The lowest BCUT2D eigenvalue weighted by atomic mass is 10.2. The summed E-state index contributed by atoms with van der Waals surface area (Å²) in [6.45, 7) is 8.61. The Labute approximate surface area is 64.4 Å². The molecule has 0 rings (SSSR count). The summed E-state index contributed by atoms with van der Waals surface area (Å²) < 4.78 is 0. The van der Waals surface area contributed by atoms with Gasteiger partial charge in [-0.2, -0.15) is 0 Å². The van der Waals surface area contributed by atoms with Gasteiger partial charge in [-0.25, -0.2) is 5.01 Å². The fourth-order valence-corrected chi connectivity index (χ4v) is 0.922. The first kappa shape index (κ1) is 9.92. The van der Waals surface area contributed by atoms with Crippen molar-refractivity contribution in [3.05, 3.63) is 0 Å². The monoisotopic (exact) mass is 144 g/mol. The zero-order chi connectivity index (χ0) is 7.98. The lowest BCUT2D eigenvalue weighted by Crippen LogP contribution is -2.35. The van der Waals surface area contributed by atoms with Gasteiger partial charge in [-0.15, -0.1) is 0 Å². The van der Waals surface area contributed by atoms with Crippen molar-refractivity contribution in [1.29, 1.82) is 0 Å². The van der Waals surface area contributed by atoms with Crippen LogP contribution in [0.15, 0.2) is 0 Å². The second-order valence-electron chi connectivity index (χ2n) is 3.24. The number of hydrogen-bond acceptors (Lipinski definition) is 2. The van der Waals surface area contributed by atoms with Crippen LogP contribution in [0.2, 0.25) is 0 Å². The van der Waals surface area contributed by atoms with Gasteiger partial charge in [-0.05, 0) is 12.3 Å². The highest BCUT2D eigenvalue weighted by Gasteiger charge is 1.99. The van der Waals surface area contributed by atoms with Gasteiger partial charge in [0.15, 0.2) is 0 Å². The summed E-state index contributed by atoms with van der Waals surface area (Å²) in [5.41, 5.74) is 0. The molecule has 0 saturated carbocycles. The van der Waals surface area contributed by atoms with Crippen LogP contribution in [0.25, 0.3) is 0 Å². The Morgan fingerprint density at radius 2 is 2.00 bits per heavy atom. The van der Waals surface area contributed by atoms with Crippen LogP contribution in [0, 0.1) is 5.92 Å². The van der Waals surface area contributed by atoms with Crippen LogP contribution in [0.4, 0.5) is 0 Å². The van der Waals surface area contributed by atoms with E-state index in [4.69, 9.17) is 5.84 Å². The summed E-state index contributed by atoms with van der Waals surface area (Å²) in [7, 11) is 0. The summed E-state index contributed by atoms with van der Waals surface area (Å²) >= 11 is 0. The van der Waals surface area contributed by atoms with Gasteiger partial charge in [0.1, 0.15) is 0 Å². The molecule has 0 atom stereocenters. The van der Waals surface area contributed by atoms with Gasteiger partial charge < -0.3 is 0 Å². The normalized spacial score (nSPS) is 11.4. The van der Waals surface area contributed by atoms with E-state index in [1.165, 1.54) is 12.8 Å². The van der Waals surface area contributed by atoms with Gasteiger partial charge in [0, 0.05) is 13.1 Å². The van der Waals surface area contributed by atoms with Crippen LogP contribution in [0.3, 0.4) is 0 Å². The molecule has 0 aromatic carbocycles. The van der Waals surface area contributed by atoms with Gasteiger partial charge in [0.05, 0.1) is 0 Å². The third kappa shape index (κ3) is 6.05. The van der Waals surface area contributed by atoms with E-state index in [9.17, 15) is 0 Å². The summed E-state index contributed by atoms with van der Waals surface area (Å²) in [5.74, 6) is 6.38. The molecule has 0 unspecified atom stereocenters. The van der Waals surface area contributed by atoms with Crippen LogP contribution >= 0.6 is 0 Å². The molecule has 0 aliphatic carbocycles. The number of unbranched alkanes of at least 4 members (excludes halogenated alkanes) is 1. The lowest BCUT2D eigenvalue weighted by molar-refractivity contribution is 0.248. The van der Waals surface area contributed by atoms with Crippen molar-refractivity contribution in [3.8, 4) is 0 Å². The second-order valence-corrected chi connectivity index (χ2v) is 3.24. The Bertz CT molecular complexity index is 71.7. The number of nitrogens with zero attached hydrogens (tertiary/aromatic N) is 1. The van der Waals surface area contributed by atoms with E-state index in [-0.39, 0.29) is 0 Å². The minimum atomic E-state index is 0.682. The van der Waals surface area contributed by atoms with Gasteiger partial charge in [0.2, 0.25) is 0 Å². The van der Waals surface area contributed by atoms with E-state index in [2.05, 4.69) is 20.8 Å². The van der Waals surface area contributed by atoms with Crippen LogP contribution in [-0.4, -0.2) is 18.1 Å². The molecule has 0 saturated heterocycles. The Morgan fingerprint density at radius 1 is 1.40 bits per heavy atom. The average molecular weight is 144 g/mol. The van der Waals surface area contributed by atoms with E-state index in [1.807, 2.05) is 5.01 Å². The van der Waals surface area contributed by atoms with Crippen LogP contribution in [-0.2, 0) is 0 Å². The van der Waals surface area contributed by atoms with Crippen LogP contribution < -0.4 is 5.84 Å². The smallest absolute Gasteiger partial charge is 0.0151 e. The molecule has 0 bridgehead atoms. The van der Waals surface area contributed by atoms with Crippen molar-refractivity contribution in [2.45, 2.75) is 33.6 Å². The summed E-state index contributed by atoms with van der Waals surface area (Å²) in [4.78, 5) is 0. The molecule has 0 heterocycles. The number of nitrogens with two attached hydrogens (primary N) is 1. The van der Waals surface area contributed by atoms with E-state index in [0.717, 1.165) is 13.1 Å². The molecule has 0 aromatic rings. The third-order valence-corrected chi connectivity index (χ3v) is 1.40. The largest absolute Gasteiger partial charge is 0.269 e. The van der Waals surface area contributed by atoms with Crippen molar-refractivity contribution in [2.24, 2.45) is 11.8 Å². The highest BCUT2D eigenvalue weighted by molar-refractivity contribution is 4.51. The van der Waals surface area contributed by atoms with E-state index in [0.29, 0.717) is 5.92 Å². The predicted molar refractivity (Wildman–Crippen MR) is 45.5 cm³/mol. The van der Waals surface area contributed by atoms with Gasteiger partial charge >= 0.3 is 0 Å². The molecular weight excluding hydrogens is 124 g/mol. The van der Waals surface area contributed by atoms with Gasteiger partial charge in [-0.1, -0.05) is 27.2 Å². The Morgan fingerprint density at radius 3 is 2.40 bits per heavy atom. The first-order valence-corrected chi connectivity index (χ1v) is 4.16. The fourth-order valence-electron chi connectivity index (χ4n) is 0.922. The van der Waals surface area contributed by atoms with Crippen molar-refractivity contribution in [2.75, 3.05) is 13.1 Å². The fraction of sp³-hybridized carbons (Fsp3) is 1.00. The SMILES string of the molecule is CCCCN(N)CC(C)C. The predicted octanol–water partition coefficient (Wildman–Crippen LogP) is 1.62. The standard InChI is InChI=1S/C8H20N2/c1-4-5-6-10(9)7-8(2)3/h8H,4-7,9H2,1-3H3. The zero-order valence-corrected chi connectivity index (χ0v) is 7.43. The minimum Gasteiger partial charge on any atom is -0.269 e. The van der Waals surface area contributed by atoms with Gasteiger partial charge in [0.25, 0.3) is 0 Å². The Balaban J connectivity index is 3.16. The summed E-state index contributed by atoms with van der Waals surface area (Å²) in [6.07, 6.45) is 2.44. The average Bonchev–Trinajstić information content (AvgIpc) is 1.82. The van der Waals surface area contributed by atoms with Crippen LogP contribution in [0.5, 0.6) is 0 Å². The van der Waals surface area contributed by atoms with Crippen molar-refractivity contribution >= 4 is 0 Å². The molecule has 0 aliphatic heterocycles. The molecule has 0 spiro atoms. The molecule has 10 heavy (non-hydrogen) atoms. The Kier molecular flexibility index (Phi) is 5.64. The molecule has 0 aliphatic rings. The molecular formula is C8H20N2. The van der Waals surface area contributed by atoms with Crippen molar-refractivity contribution in [1.82, 2.24) is 5.01 Å². The summed E-state index contributed by atoms with van der Waals surface area (Å²) in [5, 5.41) is 1.91. The molecule has 2 N–H and O–H groups in total. The van der Waals surface area contributed by atoms with E-state index in [1.54, 1.807) is 0 Å². The molecule has 0 amide bonds. The van der Waals surface area contributed by atoms with Gasteiger partial charge in [-0.3, -0.25) is 5.84 Å². The molecule has 2 nitrogen and oxygen atoms in total. The minimum absolute atomic E-state index is 0.682. The highest BCUT2D eigenvalue weighted by atomic mass is 15.4. The maximum atomic E-state index is 5.69.